The first kappa shape index (κ1) is 12.3. The molecule has 0 aliphatic heterocycles. The van der Waals surface area contributed by atoms with Gasteiger partial charge in [0.1, 0.15) is 5.84 Å². The van der Waals surface area contributed by atoms with E-state index < -0.39 is 0 Å². The molecule has 0 fully saturated rings. The summed E-state index contributed by atoms with van der Waals surface area (Å²) >= 11 is 0. The molecule has 0 saturated carbocycles. The summed E-state index contributed by atoms with van der Waals surface area (Å²) in [6.07, 6.45) is 2.26. The van der Waals surface area contributed by atoms with Gasteiger partial charge >= 0.3 is 0 Å². The lowest BCUT2D eigenvalue weighted by Gasteiger charge is -2.04. The van der Waals surface area contributed by atoms with Crippen LogP contribution in [-0.4, -0.2) is 29.7 Å². The van der Waals surface area contributed by atoms with Gasteiger partial charge in [-0.15, -0.1) is 0 Å². The summed E-state index contributed by atoms with van der Waals surface area (Å²) < 4.78 is 4.95. The molecule has 0 aromatic carbocycles. The summed E-state index contributed by atoms with van der Waals surface area (Å²) in [6, 6.07) is 3.74. The topological polar surface area (TPSA) is 92.8 Å². The normalized spacial score (nSPS) is 11.4. The van der Waals surface area contributed by atoms with E-state index >= 15 is 0 Å². The molecule has 0 radical (unpaired) electrons. The molecule has 4 N–H and O–H groups in total. The zero-order chi connectivity index (χ0) is 11.8. The van der Waals surface area contributed by atoms with Gasteiger partial charge in [-0.05, 0) is 5.56 Å². The molecule has 6 heteroatoms. The second-order valence-electron chi connectivity index (χ2n) is 3.23. The molecular formula is C10H16N4O2. The fourth-order valence-corrected chi connectivity index (χ4v) is 1.14. The van der Waals surface area contributed by atoms with Gasteiger partial charge in [-0.25, -0.2) is 4.98 Å². The molecule has 88 valence electrons. The highest BCUT2D eigenvalue weighted by Crippen LogP contribution is 2.05. The van der Waals surface area contributed by atoms with Crippen molar-refractivity contribution in [2.24, 2.45) is 10.9 Å². The van der Waals surface area contributed by atoms with E-state index in [0.29, 0.717) is 25.4 Å². The lowest BCUT2D eigenvalue weighted by atomic mass is 10.3. The number of ether oxygens (including phenoxy) is 1. The van der Waals surface area contributed by atoms with Crippen molar-refractivity contribution in [1.82, 2.24) is 10.3 Å². The number of pyridine rings is 1. The Morgan fingerprint density at radius 1 is 1.62 bits per heavy atom. The van der Waals surface area contributed by atoms with E-state index in [0.717, 1.165) is 5.56 Å². The maximum Gasteiger partial charge on any atom is 0.212 e. The minimum atomic E-state index is 0.223. The van der Waals surface area contributed by atoms with E-state index in [1.807, 2.05) is 6.07 Å². The molecule has 16 heavy (non-hydrogen) atoms. The summed E-state index contributed by atoms with van der Waals surface area (Å²) in [5.41, 5.74) is 6.38. The number of aromatic nitrogens is 1. The molecule has 0 amide bonds. The second kappa shape index (κ2) is 6.62. The highest BCUT2D eigenvalue weighted by atomic mass is 16.5. The van der Waals surface area contributed by atoms with Crippen molar-refractivity contribution in [3.05, 3.63) is 23.9 Å². The van der Waals surface area contributed by atoms with Gasteiger partial charge in [-0.3, -0.25) is 0 Å². The highest BCUT2D eigenvalue weighted by Gasteiger charge is 1.96. The SMILES string of the molecule is COc1ccc(CNCCC(N)=NO)cn1. The van der Waals surface area contributed by atoms with Crippen LogP contribution in [-0.2, 0) is 6.54 Å². The Morgan fingerprint density at radius 3 is 3.00 bits per heavy atom. The van der Waals surface area contributed by atoms with Crippen LogP contribution in [0.25, 0.3) is 0 Å². The van der Waals surface area contributed by atoms with Crippen molar-refractivity contribution in [2.75, 3.05) is 13.7 Å². The highest BCUT2D eigenvalue weighted by molar-refractivity contribution is 5.79. The lowest BCUT2D eigenvalue weighted by molar-refractivity contribution is 0.316. The van der Waals surface area contributed by atoms with Crippen molar-refractivity contribution in [2.45, 2.75) is 13.0 Å². The maximum absolute atomic E-state index is 8.32. The summed E-state index contributed by atoms with van der Waals surface area (Å²) in [4.78, 5) is 4.08. The molecule has 1 rings (SSSR count). The Bertz CT molecular complexity index is 337. The standard InChI is InChI=1S/C10H16N4O2/c1-16-10-3-2-8(7-13-10)6-12-5-4-9(11)14-15/h2-3,7,12,15H,4-6H2,1H3,(H2,11,14). The Hall–Kier alpha value is -1.82. The number of nitrogens with zero attached hydrogens (tertiary/aromatic N) is 2. The van der Waals surface area contributed by atoms with Crippen LogP contribution in [0.2, 0.25) is 0 Å². The zero-order valence-electron chi connectivity index (χ0n) is 9.18. The van der Waals surface area contributed by atoms with Gasteiger partial charge in [0.2, 0.25) is 5.88 Å². The third-order valence-electron chi connectivity index (χ3n) is 2.02. The average Bonchev–Trinajstić information content (AvgIpc) is 2.35. The van der Waals surface area contributed by atoms with Crippen LogP contribution in [0.4, 0.5) is 0 Å². The number of nitrogens with one attached hydrogen (secondary N) is 1. The number of oxime groups is 1. The number of methoxy groups -OCH3 is 1. The van der Waals surface area contributed by atoms with E-state index in [2.05, 4.69) is 15.5 Å². The third-order valence-corrected chi connectivity index (χ3v) is 2.02. The molecule has 0 spiro atoms. The number of rotatable bonds is 6. The predicted molar refractivity (Wildman–Crippen MR) is 60.5 cm³/mol. The summed E-state index contributed by atoms with van der Waals surface area (Å²) in [7, 11) is 1.58. The van der Waals surface area contributed by atoms with Crippen molar-refractivity contribution < 1.29 is 9.94 Å². The van der Waals surface area contributed by atoms with Gasteiger partial charge < -0.3 is 21.0 Å². The van der Waals surface area contributed by atoms with Crippen molar-refractivity contribution in [3.8, 4) is 5.88 Å². The summed E-state index contributed by atoms with van der Waals surface area (Å²) in [5, 5.41) is 14.4. The summed E-state index contributed by atoms with van der Waals surface area (Å²) in [6.45, 7) is 1.34. The average molecular weight is 224 g/mol. The molecule has 0 bridgehead atoms. The first-order valence-electron chi connectivity index (χ1n) is 4.92. The molecule has 6 nitrogen and oxygen atoms in total. The van der Waals surface area contributed by atoms with Crippen LogP contribution in [0.5, 0.6) is 5.88 Å². The largest absolute Gasteiger partial charge is 0.481 e. The van der Waals surface area contributed by atoms with Gasteiger partial charge in [-0.2, -0.15) is 0 Å². The first-order valence-corrected chi connectivity index (χ1v) is 4.92. The predicted octanol–water partition coefficient (Wildman–Crippen LogP) is 0.316. The Morgan fingerprint density at radius 2 is 2.44 bits per heavy atom. The molecular weight excluding hydrogens is 208 g/mol. The lowest BCUT2D eigenvalue weighted by Crippen LogP contribution is -2.22. The van der Waals surface area contributed by atoms with E-state index in [4.69, 9.17) is 15.7 Å². The Labute approximate surface area is 94.1 Å². The fourth-order valence-electron chi connectivity index (χ4n) is 1.14. The van der Waals surface area contributed by atoms with Gasteiger partial charge in [-0.1, -0.05) is 11.2 Å². The van der Waals surface area contributed by atoms with Crippen LogP contribution in [0.15, 0.2) is 23.5 Å². The second-order valence-corrected chi connectivity index (χ2v) is 3.23. The van der Waals surface area contributed by atoms with E-state index in [9.17, 15) is 0 Å². The third kappa shape index (κ3) is 4.14. The molecule has 0 aliphatic rings. The molecule has 1 aromatic heterocycles. The first-order chi connectivity index (χ1) is 7.76. The molecule has 0 saturated heterocycles. The number of nitrogens with two attached hydrogens (primary N) is 1. The van der Waals surface area contributed by atoms with Gasteiger partial charge in [0, 0.05) is 31.8 Å². The number of amidine groups is 1. The van der Waals surface area contributed by atoms with E-state index in [1.54, 1.807) is 19.4 Å². The minimum Gasteiger partial charge on any atom is -0.481 e. The molecule has 1 aromatic rings. The van der Waals surface area contributed by atoms with E-state index in [-0.39, 0.29) is 5.84 Å². The maximum atomic E-state index is 8.32. The minimum absolute atomic E-state index is 0.223. The number of hydrogen-bond acceptors (Lipinski definition) is 5. The Balaban J connectivity index is 2.26. The Kier molecular flexibility index (Phi) is 5.07. The number of hydrogen-bond donors (Lipinski definition) is 3. The van der Waals surface area contributed by atoms with Crippen molar-refractivity contribution in [3.63, 3.8) is 0 Å². The van der Waals surface area contributed by atoms with Gasteiger partial charge in [0.05, 0.1) is 7.11 Å². The van der Waals surface area contributed by atoms with Crippen LogP contribution >= 0.6 is 0 Å². The summed E-state index contributed by atoms with van der Waals surface area (Å²) in [5.74, 6) is 0.820. The van der Waals surface area contributed by atoms with Crippen molar-refractivity contribution in [1.29, 1.82) is 0 Å². The van der Waals surface area contributed by atoms with Crippen LogP contribution < -0.4 is 15.8 Å². The van der Waals surface area contributed by atoms with Crippen LogP contribution in [0, 0.1) is 0 Å². The van der Waals surface area contributed by atoms with Crippen LogP contribution in [0.1, 0.15) is 12.0 Å². The van der Waals surface area contributed by atoms with E-state index in [1.165, 1.54) is 0 Å². The van der Waals surface area contributed by atoms with Crippen molar-refractivity contribution >= 4 is 5.84 Å². The molecule has 0 atom stereocenters. The molecule has 0 aliphatic carbocycles. The fraction of sp³-hybridized carbons (Fsp3) is 0.400. The van der Waals surface area contributed by atoms with Crippen LogP contribution in [0.3, 0.4) is 0 Å². The monoisotopic (exact) mass is 224 g/mol. The smallest absolute Gasteiger partial charge is 0.212 e. The van der Waals surface area contributed by atoms with Gasteiger partial charge in [0.25, 0.3) is 0 Å². The zero-order valence-corrected chi connectivity index (χ0v) is 9.18. The quantitative estimate of drug-likeness (QED) is 0.213. The molecule has 0 unspecified atom stereocenters. The molecule has 1 heterocycles. The van der Waals surface area contributed by atoms with Gasteiger partial charge in [0.15, 0.2) is 0 Å².